The number of sulfonamides is 1. The van der Waals surface area contributed by atoms with Crippen LogP contribution in [0.1, 0.15) is 35.2 Å². The summed E-state index contributed by atoms with van der Waals surface area (Å²) >= 11 is 0. The first-order chi connectivity index (χ1) is 14.5. The molecular formula is C22H28N2O5S. The van der Waals surface area contributed by atoms with E-state index in [9.17, 15) is 13.2 Å². The number of ether oxygens (including phenoxy) is 2. The molecule has 0 radical (unpaired) electrons. The second kappa shape index (κ2) is 9.95. The van der Waals surface area contributed by atoms with Crippen LogP contribution in [-0.2, 0) is 16.4 Å². The normalized spacial score (nSPS) is 14.9. The molecule has 0 bridgehead atoms. The molecule has 1 aliphatic heterocycles. The molecule has 0 unspecified atom stereocenters. The van der Waals surface area contributed by atoms with Crippen molar-refractivity contribution in [2.45, 2.75) is 30.6 Å². The van der Waals surface area contributed by atoms with E-state index in [1.807, 2.05) is 0 Å². The molecule has 2 aromatic rings. The van der Waals surface area contributed by atoms with Gasteiger partial charge in [0.05, 0.1) is 19.1 Å². The molecule has 162 valence electrons. The molecule has 30 heavy (non-hydrogen) atoms. The van der Waals surface area contributed by atoms with Gasteiger partial charge >= 0.3 is 0 Å². The Kier molecular flexibility index (Phi) is 7.33. The largest absolute Gasteiger partial charge is 0.493 e. The van der Waals surface area contributed by atoms with Gasteiger partial charge < -0.3 is 14.8 Å². The van der Waals surface area contributed by atoms with Gasteiger partial charge in [0.2, 0.25) is 10.0 Å². The third-order valence-corrected chi connectivity index (χ3v) is 7.13. The number of benzene rings is 2. The quantitative estimate of drug-likeness (QED) is 0.693. The van der Waals surface area contributed by atoms with Gasteiger partial charge in [-0.25, -0.2) is 8.42 Å². The Bertz CT molecular complexity index is 968. The van der Waals surface area contributed by atoms with E-state index in [1.165, 1.54) is 7.11 Å². The van der Waals surface area contributed by atoms with Crippen LogP contribution in [0.4, 0.5) is 0 Å². The molecule has 1 amide bonds. The first-order valence-electron chi connectivity index (χ1n) is 10.0. The Labute approximate surface area is 178 Å². The minimum Gasteiger partial charge on any atom is -0.493 e. The molecule has 0 saturated carbocycles. The van der Waals surface area contributed by atoms with Gasteiger partial charge in [-0.2, -0.15) is 4.31 Å². The lowest BCUT2D eigenvalue weighted by atomic mass is 10.1. The fraction of sp³-hybridized carbons (Fsp3) is 0.409. The molecule has 1 aliphatic rings. The summed E-state index contributed by atoms with van der Waals surface area (Å²) in [4.78, 5) is 12.7. The van der Waals surface area contributed by atoms with Gasteiger partial charge in [-0.15, -0.1) is 0 Å². The summed E-state index contributed by atoms with van der Waals surface area (Å²) < 4.78 is 37.4. The van der Waals surface area contributed by atoms with E-state index in [0.29, 0.717) is 48.0 Å². The molecule has 0 spiro atoms. The van der Waals surface area contributed by atoms with Crippen LogP contribution in [0, 0.1) is 0 Å². The number of hydrogen-bond donors (Lipinski definition) is 1. The highest BCUT2D eigenvalue weighted by molar-refractivity contribution is 7.89. The van der Waals surface area contributed by atoms with Crippen LogP contribution < -0.4 is 14.8 Å². The lowest BCUT2D eigenvalue weighted by Crippen LogP contribution is -2.35. The number of rotatable bonds is 8. The highest BCUT2D eigenvalue weighted by Crippen LogP contribution is 2.27. The molecular weight excluding hydrogens is 404 g/mol. The van der Waals surface area contributed by atoms with Crippen molar-refractivity contribution in [1.29, 1.82) is 0 Å². The molecule has 1 fully saturated rings. The Balaban J connectivity index is 1.56. The number of hydrogen-bond acceptors (Lipinski definition) is 5. The third kappa shape index (κ3) is 5.12. The summed E-state index contributed by atoms with van der Waals surface area (Å²) in [6.07, 6.45) is 3.51. The van der Waals surface area contributed by atoms with E-state index in [0.717, 1.165) is 24.8 Å². The average Bonchev–Trinajstić information content (AvgIpc) is 2.79. The van der Waals surface area contributed by atoms with Crippen molar-refractivity contribution in [3.05, 3.63) is 53.6 Å². The number of amides is 1. The average molecular weight is 433 g/mol. The third-order valence-electron chi connectivity index (χ3n) is 5.22. The maximum atomic E-state index is 12.7. The highest BCUT2D eigenvalue weighted by atomic mass is 32.2. The number of nitrogens with one attached hydrogen (secondary N) is 1. The summed E-state index contributed by atoms with van der Waals surface area (Å²) in [6.45, 7) is 1.62. The fourth-order valence-corrected chi connectivity index (χ4v) is 5.00. The van der Waals surface area contributed by atoms with E-state index < -0.39 is 10.0 Å². The molecule has 7 nitrogen and oxygen atoms in total. The number of nitrogens with zero attached hydrogens (tertiary/aromatic N) is 1. The molecule has 1 saturated heterocycles. The SMILES string of the molecule is COc1ccc(C(=O)NCCc2ccc(S(=O)(=O)N3CCCCC3)cc2)cc1OC. The lowest BCUT2D eigenvalue weighted by molar-refractivity contribution is 0.0953. The van der Waals surface area contributed by atoms with Crippen LogP contribution in [0.15, 0.2) is 47.4 Å². The van der Waals surface area contributed by atoms with Crippen molar-refractivity contribution >= 4 is 15.9 Å². The van der Waals surface area contributed by atoms with Gasteiger partial charge in [-0.3, -0.25) is 4.79 Å². The maximum Gasteiger partial charge on any atom is 0.251 e. The summed E-state index contributed by atoms with van der Waals surface area (Å²) in [5.41, 5.74) is 1.44. The molecule has 2 aromatic carbocycles. The maximum absolute atomic E-state index is 12.7. The first kappa shape index (κ1) is 22.1. The number of methoxy groups -OCH3 is 2. The highest BCUT2D eigenvalue weighted by Gasteiger charge is 2.25. The zero-order valence-electron chi connectivity index (χ0n) is 17.4. The monoisotopic (exact) mass is 432 g/mol. The van der Waals surface area contributed by atoms with Crippen molar-refractivity contribution in [3.63, 3.8) is 0 Å². The lowest BCUT2D eigenvalue weighted by Gasteiger charge is -2.25. The molecule has 1 N–H and O–H groups in total. The minimum absolute atomic E-state index is 0.208. The molecule has 0 atom stereocenters. The zero-order valence-corrected chi connectivity index (χ0v) is 18.2. The standard InChI is InChI=1S/C22H28N2O5S/c1-28-20-11-8-18(16-21(20)29-2)22(25)23-13-12-17-6-9-19(10-7-17)30(26,27)24-14-4-3-5-15-24/h6-11,16H,3-5,12-15H2,1-2H3,(H,23,25). The van der Waals surface area contributed by atoms with Gasteiger partial charge in [0.25, 0.3) is 5.91 Å². The van der Waals surface area contributed by atoms with E-state index in [4.69, 9.17) is 9.47 Å². The summed E-state index contributed by atoms with van der Waals surface area (Å²) in [6, 6.07) is 11.9. The number of carbonyl (C=O) groups excluding carboxylic acids is 1. The summed E-state index contributed by atoms with van der Waals surface area (Å²) in [7, 11) is -0.355. The van der Waals surface area contributed by atoms with Crippen molar-refractivity contribution in [3.8, 4) is 11.5 Å². The van der Waals surface area contributed by atoms with Crippen molar-refractivity contribution in [2.24, 2.45) is 0 Å². The van der Waals surface area contributed by atoms with Crippen LogP contribution >= 0.6 is 0 Å². The van der Waals surface area contributed by atoms with Gasteiger partial charge in [0.1, 0.15) is 0 Å². The Hall–Kier alpha value is -2.58. The van der Waals surface area contributed by atoms with Gasteiger partial charge in [-0.1, -0.05) is 18.6 Å². The Morgan fingerprint density at radius 1 is 0.967 bits per heavy atom. The van der Waals surface area contributed by atoms with Crippen LogP contribution in [-0.4, -0.2) is 52.5 Å². The van der Waals surface area contributed by atoms with Crippen LogP contribution in [0.25, 0.3) is 0 Å². The van der Waals surface area contributed by atoms with E-state index in [-0.39, 0.29) is 5.91 Å². The molecule has 3 rings (SSSR count). The number of piperidine rings is 1. The van der Waals surface area contributed by atoms with Crippen molar-refractivity contribution < 1.29 is 22.7 Å². The summed E-state index contributed by atoms with van der Waals surface area (Å²) in [5.74, 6) is 0.851. The smallest absolute Gasteiger partial charge is 0.251 e. The second-order valence-corrected chi connectivity index (χ2v) is 9.12. The van der Waals surface area contributed by atoms with E-state index in [1.54, 1.807) is 53.9 Å². The number of carbonyl (C=O) groups is 1. The topological polar surface area (TPSA) is 84.9 Å². The Morgan fingerprint density at radius 3 is 2.27 bits per heavy atom. The van der Waals surface area contributed by atoms with Crippen LogP contribution in [0.3, 0.4) is 0 Å². The fourth-order valence-electron chi connectivity index (χ4n) is 3.48. The van der Waals surface area contributed by atoms with Gasteiger partial charge in [-0.05, 0) is 55.2 Å². The van der Waals surface area contributed by atoms with Crippen molar-refractivity contribution in [1.82, 2.24) is 9.62 Å². The predicted octanol–water partition coefficient (Wildman–Crippen LogP) is 2.85. The zero-order chi connectivity index (χ0) is 21.6. The van der Waals surface area contributed by atoms with E-state index in [2.05, 4.69) is 5.32 Å². The van der Waals surface area contributed by atoms with Gasteiger partial charge in [0.15, 0.2) is 11.5 Å². The van der Waals surface area contributed by atoms with Crippen LogP contribution in [0.5, 0.6) is 11.5 Å². The Morgan fingerprint density at radius 2 is 1.63 bits per heavy atom. The van der Waals surface area contributed by atoms with E-state index >= 15 is 0 Å². The molecule has 1 heterocycles. The van der Waals surface area contributed by atoms with Gasteiger partial charge in [0, 0.05) is 25.2 Å². The first-order valence-corrected chi connectivity index (χ1v) is 11.5. The molecule has 0 aromatic heterocycles. The minimum atomic E-state index is -3.42. The van der Waals surface area contributed by atoms with Crippen LogP contribution in [0.2, 0.25) is 0 Å². The summed E-state index contributed by atoms with van der Waals surface area (Å²) in [5, 5.41) is 2.87. The molecule has 0 aliphatic carbocycles. The second-order valence-electron chi connectivity index (χ2n) is 7.18. The molecule has 8 heteroatoms. The van der Waals surface area contributed by atoms with Crippen molar-refractivity contribution in [2.75, 3.05) is 33.9 Å². The predicted molar refractivity (Wildman–Crippen MR) is 115 cm³/mol.